The van der Waals surface area contributed by atoms with E-state index in [4.69, 9.17) is 0 Å². The molecule has 2 aromatic heterocycles. The average molecular weight is 313 g/mol. The Balaban J connectivity index is 1.78. The monoisotopic (exact) mass is 313 g/mol. The fourth-order valence-corrected chi connectivity index (χ4v) is 2.83. The van der Waals surface area contributed by atoms with Crippen LogP contribution in [0.2, 0.25) is 0 Å². The number of carbonyl (C=O) groups is 1. The standard InChI is InChI=1S/C20H15N3O/c1-13-9-10-15-6-4-8-17(18(15)22-13)23-20(24)19-16-7-3-2-5-14(16)11-12-21-19/h2-12H,1H3,(H,23,24). The lowest BCUT2D eigenvalue weighted by atomic mass is 10.1. The van der Waals surface area contributed by atoms with Crippen LogP contribution in [0.4, 0.5) is 5.69 Å². The number of pyridine rings is 2. The molecule has 0 atom stereocenters. The second kappa shape index (κ2) is 5.74. The summed E-state index contributed by atoms with van der Waals surface area (Å²) in [7, 11) is 0. The molecule has 24 heavy (non-hydrogen) atoms. The molecule has 0 unspecified atom stereocenters. The molecule has 0 bridgehead atoms. The van der Waals surface area contributed by atoms with Gasteiger partial charge in [-0.2, -0.15) is 0 Å². The van der Waals surface area contributed by atoms with Crippen LogP contribution in [0.15, 0.2) is 66.9 Å². The fraction of sp³-hybridized carbons (Fsp3) is 0.0500. The van der Waals surface area contributed by atoms with Gasteiger partial charge in [-0.1, -0.05) is 42.5 Å². The average Bonchev–Trinajstić information content (AvgIpc) is 2.61. The molecule has 0 radical (unpaired) electrons. The molecule has 0 saturated carbocycles. The van der Waals surface area contributed by atoms with Crippen LogP contribution in [0.25, 0.3) is 21.7 Å². The molecule has 4 rings (SSSR count). The van der Waals surface area contributed by atoms with Crippen molar-refractivity contribution in [2.75, 3.05) is 5.32 Å². The number of hydrogen-bond acceptors (Lipinski definition) is 3. The summed E-state index contributed by atoms with van der Waals surface area (Å²) in [5.41, 5.74) is 2.80. The van der Waals surface area contributed by atoms with Crippen molar-refractivity contribution >= 4 is 33.3 Å². The normalized spacial score (nSPS) is 10.9. The van der Waals surface area contributed by atoms with Gasteiger partial charge < -0.3 is 5.32 Å². The van der Waals surface area contributed by atoms with E-state index in [1.807, 2.05) is 67.6 Å². The highest BCUT2D eigenvalue weighted by molar-refractivity contribution is 6.13. The van der Waals surface area contributed by atoms with Gasteiger partial charge in [-0.15, -0.1) is 0 Å². The highest BCUT2D eigenvalue weighted by Gasteiger charge is 2.13. The zero-order chi connectivity index (χ0) is 16.5. The molecule has 0 spiro atoms. The van der Waals surface area contributed by atoms with Gasteiger partial charge in [0.15, 0.2) is 0 Å². The molecule has 2 heterocycles. The van der Waals surface area contributed by atoms with Crippen molar-refractivity contribution in [1.29, 1.82) is 0 Å². The largest absolute Gasteiger partial charge is 0.319 e. The molecule has 0 aliphatic carbocycles. The fourth-order valence-electron chi connectivity index (χ4n) is 2.83. The number of nitrogens with zero attached hydrogens (tertiary/aromatic N) is 2. The molecule has 116 valence electrons. The van der Waals surface area contributed by atoms with Crippen molar-refractivity contribution in [3.8, 4) is 0 Å². The van der Waals surface area contributed by atoms with Crippen LogP contribution in [0.5, 0.6) is 0 Å². The lowest BCUT2D eigenvalue weighted by molar-refractivity contribution is 0.102. The number of benzene rings is 2. The Hall–Kier alpha value is -3.27. The number of carbonyl (C=O) groups excluding carboxylic acids is 1. The molecule has 1 amide bonds. The number of para-hydroxylation sites is 1. The lowest BCUT2D eigenvalue weighted by Gasteiger charge is -2.10. The van der Waals surface area contributed by atoms with Gasteiger partial charge in [0.1, 0.15) is 5.69 Å². The summed E-state index contributed by atoms with van der Waals surface area (Å²) in [5.74, 6) is -0.234. The van der Waals surface area contributed by atoms with E-state index >= 15 is 0 Å². The number of hydrogen-bond donors (Lipinski definition) is 1. The van der Waals surface area contributed by atoms with Gasteiger partial charge in [-0.25, -0.2) is 0 Å². The van der Waals surface area contributed by atoms with Crippen LogP contribution < -0.4 is 5.32 Å². The maximum absolute atomic E-state index is 12.8. The van der Waals surface area contributed by atoms with Crippen molar-refractivity contribution in [3.05, 3.63) is 78.2 Å². The molecular weight excluding hydrogens is 298 g/mol. The summed E-state index contributed by atoms with van der Waals surface area (Å²) in [6.07, 6.45) is 1.66. The van der Waals surface area contributed by atoms with Crippen LogP contribution in [-0.2, 0) is 0 Å². The number of aromatic nitrogens is 2. The Kier molecular flexibility index (Phi) is 3.43. The van der Waals surface area contributed by atoms with E-state index in [0.717, 1.165) is 27.4 Å². The van der Waals surface area contributed by atoms with Crippen LogP contribution in [-0.4, -0.2) is 15.9 Å². The summed E-state index contributed by atoms with van der Waals surface area (Å²) in [6, 6.07) is 19.3. The van der Waals surface area contributed by atoms with Crippen LogP contribution in [0, 0.1) is 6.92 Å². The maximum atomic E-state index is 12.8. The van der Waals surface area contributed by atoms with E-state index in [9.17, 15) is 4.79 Å². The van der Waals surface area contributed by atoms with Gasteiger partial charge in [0.25, 0.3) is 5.91 Å². The Morgan fingerprint density at radius 3 is 2.67 bits per heavy atom. The predicted molar refractivity (Wildman–Crippen MR) is 96.2 cm³/mol. The SMILES string of the molecule is Cc1ccc2cccc(NC(=O)c3nccc4ccccc34)c2n1. The number of aryl methyl sites for hydroxylation is 1. The molecule has 1 N–H and O–H groups in total. The summed E-state index contributed by atoms with van der Waals surface area (Å²) in [6.45, 7) is 1.93. The second-order valence-electron chi connectivity index (χ2n) is 5.66. The zero-order valence-electron chi connectivity index (χ0n) is 13.2. The quantitative estimate of drug-likeness (QED) is 0.599. The zero-order valence-corrected chi connectivity index (χ0v) is 13.2. The summed E-state index contributed by atoms with van der Waals surface area (Å²) >= 11 is 0. The van der Waals surface area contributed by atoms with Crippen molar-refractivity contribution in [3.63, 3.8) is 0 Å². The van der Waals surface area contributed by atoms with Gasteiger partial charge in [-0.05, 0) is 30.5 Å². The van der Waals surface area contributed by atoms with E-state index in [0.29, 0.717) is 11.4 Å². The van der Waals surface area contributed by atoms with E-state index in [2.05, 4.69) is 15.3 Å². The van der Waals surface area contributed by atoms with Gasteiger partial charge in [0.2, 0.25) is 0 Å². The van der Waals surface area contributed by atoms with E-state index in [1.54, 1.807) is 6.20 Å². The third kappa shape index (κ3) is 2.48. The molecule has 4 heteroatoms. The van der Waals surface area contributed by atoms with Gasteiger partial charge in [0, 0.05) is 22.7 Å². The first-order valence-corrected chi connectivity index (χ1v) is 7.74. The van der Waals surface area contributed by atoms with E-state index in [-0.39, 0.29) is 5.91 Å². The lowest BCUT2D eigenvalue weighted by Crippen LogP contribution is -2.14. The summed E-state index contributed by atoms with van der Waals surface area (Å²) in [4.78, 5) is 21.6. The third-order valence-electron chi connectivity index (χ3n) is 4.00. The highest BCUT2D eigenvalue weighted by Crippen LogP contribution is 2.23. The first-order valence-electron chi connectivity index (χ1n) is 7.74. The van der Waals surface area contributed by atoms with Crippen LogP contribution in [0.3, 0.4) is 0 Å². The maximum Gasteiger partial charge on any atom is 0.274 e. The van der Waals surface area contributed by atoms with E-state index in [1.165, 1.54) is 0 Å². The molecule has 4 aromatic rings. The predicted octanol–water partition coefficient (Wildman–Crippen LogP) is 4.34. The molecule has 0 aliphatic rings. The van der Waals surface area contributed by atoms with Gasteiger partial charge in [0.05, 0.1) is 11.2 Å². The number of nitrogens with one attached hydrogen (secondary N) is 1. The Bertz CT molecular complexity index is 1070. The third-order valence-corrected chi connectivity index (χ3v) is 4.00. The second-order valence-corrected chi connectivity index (χ2v) is 5.66. The molecule has 0 aliphatic heterocycles. The molecular formula is C20H15N3O. The molecule has 0 fully saturated rings. The first-order chi connectivity index (χ1) is 11.7. The van der Waals surface area contributed by atoms with Crippen molar-refractivity contribution < 1.29 is 4.79 Å². The van der Waals surface area contributed by atoms with Crippen LogP contribution >= 0.6 is 0 Å². The van der Waals surface area contributed by atoms with Gasteiger partial charge >= 0.3 is 0 Å². The number of rotatable bonds is 2. The summed E-state index contributed by atoms with van der Waals surface area (Å²) in [5, 5.41) is 5.77. The minimum absolute atomic E-state index is 0.234. The Labute approximate surface area is 139 Å². The smallest absolute Gasteiger partial charge is 0.274 e. The number of fused-ring (bicyclic) bond motifs is 2. The van der Waals surface area contributed by atoms with Crippen LogP contribution in [0.1, 0.15) is 16.2 Å². The van der Waals surface area contributed by atoms with E-state index < -0.39 is 0 Å². The topological polar surface area (TPSA) is 54.9 Å². The number of anilines is 1. The molecule has 2 aromatic carbocycles. The minimum atomic E-state index is -0.234. The Morgan fingerprint density at radius 1 is 0.917 bits per heavy atom. The molecule has 0 saturated heterocycles. The van der Waals surface area contributed by atoms with Crippen molar-refractivity contribution in [2.45, 2.75) is 6.92 Å². The van der Waals surface area contributed by atoms with Crippen molar-refractivity contribution in [1.82, 2.24) is 9.97 Å². The molecule has 4 nitrogen and oxygen atoms in total. The minimum Gasteiger partial charge on any atom is -0.319 e. The summed E-state index contributed by atoms with van der Waals surface area (Å²) < 4.78 is 0. The first kappa shape index (κ1) is 14.3. The Morgan fingerprint density at radius 2 is 1.75 bits per heavy atom. The number of amides is 1. The highest BCUT2D eigenvalue weighted by atomic mass is 16.1. The van der Waals surface area contributed by atoms with Gasteiger partial charge in [-0.3, -0.25) is 14.8 Å². The van der Waals surface area contributed by atoms with Crippen molar-refractivity contribution in [2.24, 2.45) is 0 Å².